The topological polar surface area (TPSA) is 79.7 Å². The Hall–Kier alpha value is -2.70. The minimum Gasteiger partial charge on any atom is -0.354 e. The van der Waals surface area contributed by atoms with E-state index in [0.29, 0.717) is 17.5 Å². The van der Waals surface area contributed by atoms with Crippen LogP contribution >= 0.6 is 0 Å². The van der Waals surface area contributed by atoms with E-state index < -0.39 is 0 Å². The van der Waals surface area contributed by atoms with E-state index in [1.165, 1.54) is 0 Å². The van der Waals surface area contributed by atoms with Gasteiger partial charge in [-0.3, -0.25) is 4.79 Å². The fourth-order valence-electron chi connectivity index (χ4n) is 4.06. The van der Waals surface area contributed by atoms with E-state index in [1.54, 1.807) is 18.7 Å². The molecule has 2 atom stereocenters. The van der Waals surface area contributed by atoms with Crippen LogP contribution in [-0.2, 0) is 6.54 Å². The highest BCUT2D eigenvalue weighted by molar-refractivity contribution is 5.82. The number of aromatic nitrogens is 5. The Labute approximate surface area is 132 Å². The Balaban J connectivity index is 1.57. The van der Waals surface area contributed by atoms with Crippen molar-refractivity contribution in [3.63, 3.8) is 0 Å². The van der Waals surface area contributed by atoms with Crippen molar-refractivity contribution in [1.29, 1.82) is 0 Å². The fourth-order valence-corrected chi connectivity index (χ4v) is 4.06. The van der Waals surface area contributed by atoms with Crippen molar-refractivity contribution < 1.29 is 0 Å². The molecule has 116 valence electrons. The van der Waals surface area contributed by atoms with E-state index in [4.69, 9.17) is 0 Å². The number of pyridine rings is 1. The molecule has 23 heavy (non-hydrogen) atoms. The number of nitrogens with zero attached hydrogens (tertiary/aromatic N) is 5. The lowest BCUT2D eigenvalue weighted by atomic mass is 9.83. The normalized spacial score (nSPS) is 23.0. The van der Waals surface area contributed by atoms with Gasteiger partial charge >= 0.3 is 0 Å². The number of anilines is 1. The third-order valence-corrected chi connectivity index (χ3v) is 4.98. The average Bonchev–Trinajstić information content (AvgIpc) is 3.04. The second-order valence-electron chi connectivity index (χ2n) is 6.40. The van der Waals surface area contributed by atoms with Gasteiger partial charge in [0.25, 0.3) is 5.56 Å². The zero-order chi connectivity index (χ0) is 15.4. The molecule has 2 bridgehead atoms. The first-order chi connectivity index (χ1) is 11.3. The molecule has 0 radical (unpaired) electrons. The van der Waals surface area contributed by atoms with Crippen LogP contribution < -0.4 is 10.5 Å². The highest BCUT2D eigenvalue weighted by Crippen LogP contribution is 2.37. The number of hydrogen-bond acceptors (Lipinski definition) is 5. The van der Waals surface area contributed by atoms with Crippen molar-refractivity contribution in [3.8, 4) is 0 Å². The van der Waals surface area contributed by atoms with Gasteiger partial charge < -0.3 is 14.5 Å². The number of imidazole rings is 1. The van der Waals surface area contributed by atoms with Crippen LogP contribution in [0, 0.1) is 5.92 Å². The van der Waals surface area contributed by atoms with Crippen LogP contribution in [0.15, 0.2) is 35.6 Å². The summed E-state index contributed by atoms with van der Waals surface area (Å²) in [5.74, 6) is 1.74. The average molecular weight is 308 g/mol. The predicted octanol–water partition coefficient (Wildman–Crippen LogP) is 1.14. The van der Waals surface area contributed by atoms with Crippen LogP contribution in [0.1, 0.15) is 18.0 Å². The third-order valence-electron chi connectivity index (χ3n) is 4.98. The van der Waals surface area contributed by atoms with Gasteiger partial charge in [0.1, 0.15) is 11.8 Å². The lowest BCUT2D eigenvalue weighted by Crippen LogP contribution is -2.47. The van der Waals surface area contributed by atoms with Gasteiger partial charge in [-0.05, 0) is 18.4 Å². The van der Waals surface area contributed by atoms with Gasteiger partial charge in [0.15, 0.2) is 11.5 Å². The highest BCUT2D eigenvalue weighted by Gasteiger charge is 2.35. The Morgan fingerprint density at radius 3 is 3.04 bits per heavy atom. The first-order valence-corrected chi connectivity index (χ1v) is 7.88. The first-order valence-electron chi connectivity index (χ1n) is 7.88. The number of hydrogen-bond donors (Lipinski definition) is 1. The van der Waals surface area contributed by atoms with Crippen LogP contribution in [-0.4, -0.2) is 37.6 Å². The van der Waals surface area contributed by atoms with Crippen molar-refractivity contribution in [2.45, 2.75) is 18.9 Å². The number of piperidine rings is 1. The van der Waals surface area contributed by atoms with Gasteiger partial charge in [0, 0.05) is 37.3 Å². The summed E-state index contributed by atoms with van der Waals surface area (Å²) in [5, 5.41) is 0. The van der Waals surface area contributed by atoms with Crippen LogP contribution in [0.25, 0.3) is 11.2 Å². The minimum atomic E-state index is 0.114. The summed E-state index contributed by atoms with van der Waals surface area (Å²) in [6.45, 7) is 2.56. The molecule has 0 spiro atoms. The summed E-state index contributed by atoms with van der Waals surface area (Å²) in [4.78, 5) is 30.4. The van der Waals surface area contributed by atoms with Gasteiger partial charge in [0.05, 0.1) is 6.33 Å². The van der Waals surface area contributed by atoms with Gasteiger partial charge in [-0.25, -0.2) is 15.0 Å². The Morgan fingerprint density at radius 1 is 1.13 bits per heavy atom. The summed E-state index contributed by atoms with van der Waals surface area (Å²) in [6.07, 6.45) is 4.36. The molecule has 0 aromatic carbocycles. The maximum Gasteiger partial charge on any atom is 0.250 e. The summed E-state index contributed by atoms with van der Waals surface area (Å²) in [5.41, 5.74) is 2.84. The van der Waals surface area contributed by atoms with Gasteiger partial charge in [-0.15, -0.1) is 0 Å². The molecule has 1 saturated heterocycles. The Bertz CT molecular complexity index is 945. The van der Waals surface area contributed by atoms with Crippen molar-refractivity contribution in [2.75, 3.05) is 18.0 Å². The quantitative estimate of drug-likeness (QED) is 0.729. The molecule has 1 N–H and O–H groups in total. The van der Waals surface area contributed by atoms with Gasteiger partial charge in [0.2, 0.25) is 0 Å². The van der Waals surface area contributed by atoms with E-state index in [1.807, 2.05) is 10.6 Å². The Kier molecular flexibility index (Phi) is 2.59. The van der Waals surface area contributed by atoms with Crippen LogP contribution in [0.2, 0.25) is 0 Å². The van der Waals surface area contributed by atoms with Crippen molar-refractivity contribution in [3.05, 3.63) is 46.9 Å². The number of aromatic amines is 1. The van der Waals surface area contributed by atoms with E-state index >= 15 is 0 Å². The molecule has 0 saturated carbocycles. The van der Waals surface area contributed by atoms with Crippen molar-refractivity contribution in [1.82, 2.24) is 24.5 Å². The molecule has 2 aliphatic heterocycles. The molecule has 0 aliphatic carbocycles. The summed E-state index contributed by atoms with van der Waals surface area (Å²) in [6, 6.07) is 5.60. The molecule has 0 unspecified atom stereocenters. The highest BCUT2D eigenvalue weighted by atomic mass is 16.1. The number of rotatable bonds is 1. The van der Waals surface area contributed by atoms with Gasteiger partial charge in [-0.2, -0.15) is 0 Å². The first kappa shape index (κ1) is 12.8. The number of fused-ring (bicyclic) bond motifs is 5. The number of nitrogens with one attached hydrogen (secondary N) is 1. The zero-order valence-electron chi connectivity index (χ0n) is 12.5. The molecule has 0 amide bonds. The van der Waals surface area contributed by atoms with Crippen molar-refractivity contribution >= 4 is 17.0 Å². The maximum atomic E-state index is 12.1. The Morgan fingerprint density at radius 2 is 2.09 bits per heavy atom. The van der Waals surface area contributed by atoms with E-state index in [0.717, 1.165) is 43.1 Å². The molecular weight excluding hydrogens is 292 g/mol. The molecule has 1 fully saturated rings. The monoisotopic (exact) mass is 308 g/mol. The predicted molar refractivity (Wildman–Crippen MR) is 85.4 cm³/mol. The van der Waals surface area contributed by atoms with Gasteiger partial charge in [-0.1, -0.05) is 6.07 Å². The van der Waals surface area contributed by atoms with Crippen LogP contribution in [0.4, 0.5) is 5.82 Å². The molecule has 3 aromatic heterocycles. The lowest BCUT2D eigenvalue weighted by Gasteiger charge is -2.43. The molecule has 3 aromatic rings. The van der Waals surface area contributed by atoms with E-state index in [-0.39, 0.29) is 5.56 Å². The molecule has 5 rings (SSSR count). The molecule has 5 heterocycles. The molecular formula is C16H16N6O. The smallest absolute Gasteiger partial charge is 0.250 e. The van der Waals surface area contributed by atoms with E-state index in [9.17, 15) is 4.79 Å². The van der Waals surface area contributed by atoms with Crippen LogP contribution in [0.3, 0.4) is 0 Å². The van der Waals surface area contributed by atoms with E-state index in [2.05, 4.69) is 30.9 Å². The maximum absolute atomic E-state index is 12.1. The molecule has 2 aliphatic rings. The summed E-state index contributed by atoms with van der Waals surface area (Å²) in [7, 11) is 0. The fraction of sp³-hybridized carbons (Fsp3) is 0.375. The SMILES string of the molecule is O=c1cccc2n1C[C@@H]1C[C@@H]2CN(c2ncnc3nc[nH]c23)C1. The second kappa shape index (κ2) is 4.65. The van der Waals surface area contributed by atoms with Crippen LogP contribution in [0.5, 0.6) is 0 Å². The zero-order valence-corrected chi connectivity index (χ0v) is 12.5. The second-order valence-corrected chi connectivity index (χ2v) is 6.40. The van der Waals surface area contributed by atoms with Crippen molar-refractivity contribution in [2.24, 2.45) is 5.92 Å². The molecule has 7 heteroatoms. The minimum absolute atomic E-state index is 0.114. The largest absolute Gasteiger partial charge is 0.354 e. The molecule has 7 nitrogen and oxygen atoms in total. The standard InChI is InChI=1S/C16H16N6O/c23-13-3-1-2-12-11-4-10(6-22(12)13)5-21(7-11)16-14-15(18-8-17-14)19-9-20-16/h1-3,8-11H,4-7H2,(H,17,18,19,20)/t10-,11-/m1/s1. The lowest BCUT2D eigenvalue weighted by molar-refractivity contribution is 0.281. The summed E-state index contributed by atoms with van der Waals surface area (Å²) >= 11 is 0. The summed E-state index contributed by atoms with van der Waals surface area (Å²) < 4.78 is 1.95. The third kappa shape index (κ3) is 1.89. The number of H-pyrrole nitrogens is 1.